The topological polar surface area (TPSA) is 58.6 Å². The van der Waals surface area contributed by atoms with Crippen LogP contribution in [0.2, 0.25) is 5.02 Å². The number of halogens is 1. The zero-order chi connectivity index (χ0) is 25.9. The molecule has 0 fully saturated rings. The lowest BCUT2D eigenvalue weighted by molar-refractivity contribution is -0.142. The SMILES string of the molecule is CCCCNC(=O)[C@H](Cc1ccccc1)N(Cc1ccccc1Cl)C(=O)COc1cc(C)cc(C)c1. The quantitative estimate of drug-likeness (QED) is 0.311. The predicted molar refractivity (Wildman–Crippen MR) is 145 cm³/mol. The fraction of sp³-hybridized carbons (Fsp3) is 0.333. The molecule has 6 heteroatoms. The van der Waals surface area contributed by atoms with Crippen molar-refractivity contribution in [3.8, 4) is 5.75 Å². The Morgan fingerprint density at radius 3 is 2.31 bits per heavy atom. The second-order valence-corrected chi connectivity index (χ2v) is 9.48. The molecule has 5 nitrogen and oxygen atoms in total. The van der Waals surface area contributed by atoms with Gasteiger partial charge in [-0.1, -0.05) is 79.5 Å². The fourth-order valence-electron chi connectivity index (χ4n) is 4.11. The number of benzene rings is 3. The Kier molecular flexibility index (Phi) is 10.4. The molecule has 0 unspecified atom stereocenters. The number of hydrogen-bond acceptors (Lipinski definition) is 3. The average Bonchev–Trinajstić information content (AvgIpc) is 2.86. The molecule has 3 aromatic rings. The van der Waals surface area contributed by atoms with Crippen molar-refractivity contribution in [2.45, 2.75) is 52.6 Å². The van der Waals surface area contributed by atoms with Crippen LogP contribution in [0.4, 0.5) is 0 Å². The summed E-state index contributed by atoms with van der Waals surface area (Å²) in [5.41, 5.74) is 3.86. The second-order valence-electron chi connectivity index (χ2n) is 9.08. The number of nitrogens with one attached hydrogen (secondary N) is 1. The third-order valence-electron chi connectivity index (χ3n) is 5.96. The average molecular weight is 507 g/mol. The molecule has 0 aliphatic heterocycles. The van der Waals surface area contributed by atoms with E-state index in [2.05, 4.69) is 18.3 Å². The Morgan fingerprint density at radius 2 is 1.64 bits per heavy atom. The van der Waals surface area contributed by atoms with E-state index in [0.717, 1.165) is 35.1 Å². The number of carbonyl (C=O) groups excluding carboxylic acids is 2. The van der Waals surface area contributed by atoms with Crippen LogP contribution in [0.15, 0.2) is 72.8 Å². The minimum Gasteiger partial charge on any atom is -0.484 e. The standard InChI is InChI=1S/C30H35ClN2O3/c1-4-5-15-32-30(35)28(19-24-11-7-6-8-12-24)33(20-25-13-9-10-14-27(25)31)29(34)21-36-26-17-22(2)16-23(3)18-26/h6-14,16-18,28H,4-5,15,19-21H2,1-3H3,(H,32,35)/t28-/m0/s1. The highest BCUT2D eigenvalue weighted by atomic mass is 35.5. The first-order valence-electron chi connectivity index (χ1n) is 12.4. The van der Waals surface area contributed by atoms with Gasteiger partial charge in [-0.15, -0.1) is 0 Å². The van der Waals surface area contributed by atoms with Gasteiger partial charge in [0, 0.05) is 24.5 Å². The Morgan fingerprint density at radius 1 is 0.972 bits per heavy atom. The van der Waals surface area contributed by atoms with E-state index >= 15 is 0 Å². The summed E-state index contributed by atoms with van der Waals surface area (Å²) in [6.07, 6.45) is 2.23. The van der Waals surface area contributed by atoms with Gasteiger partial charge in [0.25, 0.3) is 5.91 Å². The number of ether oxygens (including phenoxy) is 1. The summed E-state index contributed by atoms with van der Waals surface area (Å²) < 4.78 is 5.90. The van der Waals surface area contributed by atoms with Crippen LogP contribution in [-0.2, 0) is 22.6 Å². The lowest BCUT2D eigenvalue weighted by Gasteiger charge is -2.31. The van der Waals surface area contributed by atoms with E-state index in [1.807, 2.05) is 74.5 Å². The largest absolute Gasteiger partial charge is 0.484 e. The van der Waals surface area contributed by atoms with Crippen molar-refractivity contribution >= 4 is 23.4 Å². The molecule has 1 N–H and O–H groups in total. The molecule has 0 bridgehead atoms. The molecule has 0 saturated carbocycles. The van der Waals surface area contributed by atoms with Crippen molar-refractivity contribution in [3.05, 3.63) is 100 Å². The van der Waals surface area contributed by atoms with E-state index in [9.17, 15) is 9.59 Å². The van der Waals surface area contributed by atoms with Gasteiger partial charge in [-0.05, 0) is 60.7 Å². The van der Waals surface area contributed by atoms with Crippen LogP contribution in [0.3, 0.4) is 0 Å². The molecular formula is C30H35ClN2O3. The van der Waals surface area contributed by atoms with Gasteiger partial charge in [-0.3, -0.25) is 9.59 Å². The molecule has 1 atom stereocenters. The van der Waals surface area contributed by atoms with Crippen molar-refractivity contribution in [3.63, 3.8) is 0 Å². The smallest absolute Gasteiger partial charge is 0.261 e. The zero-order valence-corrected chi connectivity index (χ0v) is 22.1. The number of hydrogen-bond donors (Lipinski definition) is 1. The summed E-state index contributed by atoms with van der Waals surface area (Å²) in [5.74, 6) is 0.172. The van der Waals surface area contributed by atoms with Crippen LogP contribution in [0, 0.1) is 13.8 Å². The molecule has 0 aromatic heterocycles. The second kappa shape index (κ2) is 13.7. The van der Waals surface area contributed by atoms with Crippen LogP contribution >= 0.6 is 11.6 Å². The molecule has 190 valence electrons. The van der Waals surface area contributed by atoms with Crippen LogP contribution in [-0.4, -0.2) is 35.9 Å². The van der Waals surface area contributed by atoms with Gasteiger partial charge in [0.1, 0.15) is 11.8 Å². The van der Waals surface area contributed by atoms with Gasteiger partial charge < -0.3 is 15.0 Å². The first-order chi connectivity index (χ1) is 17.4. The normalized spacial score (nSPS) is 11.6. The van der Waals surface area contributed by atoms with E-state index < -0.39 is 6.04 Å². The summed E-state index contributed by atoms with van der Waals surface area (Å²) >= 11 is 6.46. The zero-order valence-electron chi connectivity index (χ0n) is 21.3. The summed E-state index contributed by atoms with van der Waals surface area (Å²) in [6.45, 7) is 6.64. The lowest BCUT2D eigenvalue weighted by atomic mass is 10.0. The van der Waals surface area contributed by atoms with Crippen LogP contribution < -0.4 is 10.1 Å². The van der Waals surface area contributed by atoms with E-state index in [-0.39, 0.29) is 25.0 Å². The van der Waals surface area contributed by atoms with E-state index in [0.29, 0.717) is 23.7 Å². The fourth-order valence-corrected chi connectivity index (χ4v) is 4.31. The summed E-state index contributed by atoms with van der Waals surface area (Å²) in [7, 11) is 0. The molecule has 2 amide bonds. The molecular weight excluding hydrogens is 472 g/mol. The maximum atomic E-state index is 13.6. The number of carbonyl (C=O) groups is 2. The van der Waals surface area contributed by atoms with Crippen LogP contribution in [0.1, 0.15) is 42.0 Å². The van der Waals surface area contributed by atoms with E-state index in [1.54, 1.807) is 11.0 Å². The van der Waals surface area contributed by atoms with Crippen molar-refractivity contribution in [1.82, 2.24) is 10.2 Å². The highest BCUT2D eigenvalue weighted by Crippen LogP contribution is 2.21. The first-order valence-corrected chi connectivity index (χ1v) is 12.8. The van der Waals surface area contributed by atoms with Crippen LogP contribution in [0.5, 0.6) is 5.75 Å². The Bertz CT molecular complexity index is 1130. The van der Waals surface area contributed by atoms with Gasteiger partial charge in [0.2, 0.25) is 5.91 Å². The Hall–Kier alpha value is -3.31. The minimum absolute atomic E-state index is 0.180. The van der Waals surface area contributed by atoms with Gasteiger partial charge in [-0.2, -0.15) is 0 Å². The van der Waals surface area contributed by atoms with Gasteiger partial charge in [-0.25, -0.2) is 0 Å². The lowest BCUT2D eigenvalue weighted by Crippen LogP contribution is -2.51. The molecule has 36 heavy (non-hydrogen) atoms. The molecule has 0 heterocycles. The van der Waals surface area contributed by atoms with Gasteiger partial charge in [0.05, 0.1) is 0 Å². The Balaban J connectivity index is 1.90. The molecule has 0 aliphatic carbocycles. The van der Waals surface area contributed by atoms with E-state index in [1.165, 1.54) is 0 Å². The highest BCUT2D eigenvalue weighted by Gasteiger charge is 2.31. The van der Waals surface area contributed by atoms with Crippen molar-refractivity contribution in [1.29, 1.82) is 0 Å². The molecule has 0 radical (unpaired) electrons. The van der Waals surface area contributed by atoms with Gasteiger partial charge >= 0.3 is 0 Å². The number of amides is 2. The van der Waals surface area contributed by atoms with E-state index in [4.69, 9.17) is 16.3 Å². The van der Waals surface area contributed by atoms with Crippen molar-refractivity contribution < 1.29 is 14.3 Å². The van der Waals surface area contributed by atoms with Gasteiger partial charge in [0.15, 0.2) is 6.61 Å². The molecule has 0 spiro atoms. The number of nitrogens with zero attached hydrogens (tertiary/aromatic N) is 1. The van der Waals surface area contributed by atoms with Crippen LogP contribution in [0.25, 0.3) is 0 Å². The monoisotopic (exact) mass is 506 g/mol. The minimum atomic E-state index is -0.712. The van der Waals surface area contributed by atoms with Crippen molar-refractivity contribution in [2.24, 2.45) is 0 Å². The third-order valence-corrected chi connectivity index (χ3v) is 6.33. The highest BCUT2D eigenvalue weighted by molar-refractivity contribution is 6.31. The number of rotatable bonds is 12. The number of unbranched alkanes of at least 4 members (excludes halogenated alkanes) is 1. The maximum absolute atomic E-state index is 13.6. The summed E-state index contributed by atoms with van der Waals surface area (Å²) in [6, 6.07) is 22.3. The molecule has 3 aromatic carbocycles. The predicted octanol–water partition coefficient (Wildman–Crippen LogP) is 5.89. The Labute approximate surface area is 219 Å². The van der Waals surface area contributed by atoms with Crippen molar-refractivity contribution in [2.75, 3.05) is 13.2 Å². The molecule has 0 saturated heterocycles. The summed E-state index contributed by atoms with van der Waals surface area (Å²) in [5, 5.41) is 3.57. The molecule has 0 aliphatic rings. The first kappa shape index (κ1) is 27.3. The number of aryl methyl sites for hydroxylation is 2. The summed E-state index contributed by atoms with van der Waals surface area (Å²) in [4.78, 5) is 28.7. The maximum Gasteiger partial charge on any atom is 0.261 e. The third kappa shape index (κ3) is 8.13. The molecule has 3 rings (SSSR count).